The van der Waals surface area contributed by atoms with E-state index in [0.717, 1.165) is 16.7 Å². The van der Waals surface area contributed by atoms with Gasteiger partial charge in [0.2, 0.25) is 11.8 Å². The molecule has 3 rings (SSSR count). The monoisotopic (exact) mass is 422 g/mol. The molecule has 1 aliphatic rings. The molecule has 3 unspecified atom stereocenters. The van der Waals surface area contributed by atoms with Gasteiger partial charge in [-0.1, -0.05) is 60.7 Å². The van der Waals surface area contributed by atoms with E-state index >= 15 is 0 Å². The number of aliphatic hydroxyl groups is 2. The summed E-state index contributed by atoms with van der Waals surface area (Å²) in [6.45, 7) is 4.09. The molecule has 6 nitrogen and oxygen atoms in total. The molecule has 6 heteroatoms. The Hall–Kier alpha value is -2.96. The van der Waals surface area contributed by atoms with Crippen LogP contribution >= 0.6 is 0 Å². The van der Waals surface area contributed by atoms with E-state index in [9.17, 15) is 19.8 Å². The summed E-state index contributed by atoms with van der Waals surface area (Å²) >= 11 is 0. The zero-order valence-corrected chi connectivity index (χ0v) is 17.6. The van der Waals surface area contributed by atoms with E-state index in [1.165, 1.54) is 0 Å². The topological polar surface area (TPSA) is 89.9 Å². The second-order valence-corrected chi connectivity index (χ2v) is 7.93. The maximum atomic E-state index is 13.1. The molecule has 0 saturated carbocycles. The summed E-state index contributed by atoms with van der Waals surface area (Å²) in [4.78, 5) is 27.5. The van der Waals surface area contributed by atoms with E-state index in [2.05, 4.69) is 11.9 Å². The van der Waals surface area contributed by atoms with Crippen molar-refractivity contribution in [2.75, 3.05) is 13.2 Å². The van der Waals surface area contributed by atoms with E-state index in [1.54, 1.807) is 23.1 Å². The van der Waals surface area contributed by atoms with E-state index < -0.39 is 12.0 Å². The average Bonchev–Trinajstić information content (AvgIpc) is 2.81. The molecule has 1 heterocycles. The SMILES string of the molecule is C=CCC(CC(=O)N1Cc2ccccc2CC1CO)C(=O)NCC(O)c1ccccc1. The largest absolute Gasteiger partial charge is 0.394 e. The van der Waals surface area contributed by atoms with Gasteiger partial charge in [-0.25, -0.2) is 0 Å². The lowest BCUT2D eigenvalue weighted by molar-refractivity contribution is -0.140. The first-order valence-electron chi connectivity index (χ1n) is 10.6. The average molecular weight is 423 g/mol. The lowest BCUT2D eigenvalue weighted by Crippen LogP contribution is -2.47. The fourth-order valence-electron chi connectivity index (χ4n) is 3.99. The normalized spacial score (nSPS) is 17.4. The number of hydrogen-bond donors (Lipinski definition) is 3. The number of nitrogens with one attached hydrogen (secondary N) is 1. The van der Waals surface area contributed by atoms with Crippen LogP contribution in [-0.4, -0.2) is 46.1 Å². The molecule has 0 saturated heterocycles. The minimum absolute atomic E-state index is 0.0257. The minimum atomic E-state index is -0.817. The number of hydrogen-bond acceptors (Lipinski definition) is 4. The molecule has 2 aromatic rings. The fourth-order valence-corrected chi connectivity index (χ4v) is 3.99. The fraction of sp³-hybridized carbons (Fsp3) is 0.360. The van der Waals surface area contributed by atoms with Crippen LogP contribution < -0.4 is 5.32 Å². The summed E-state index contributed by atoms with van der Waals surface area (Å²) in [5, 5.41) is 22.9. The Labute approximate surface area is 183 Å². The van der Waals surface area contributed by atoms with Crippen LogP contribution in [0.15, 0.2) is 67.3 Å². The van der Waals surface area contributed by atoms with Crippen LogP contribution in [0.3, 0.4) is 0 Å². The first-order chi connectivity index (χ1) is 15.0. The van der Waals surface area contributed by atoms with E-state index in [1.807, 2.05) is 42.5 Å². The van der Waals surface area contributed by atoms with Crippen LogP contribution in [0.5, 0.6) is 0 Å². The van der Waals surface area contributed by atoms with Crippen LogP contribution in [-0.2, 0) is 22.6 Å². The van der Waals surface area contributed by atoms with Gasteiger partial charge in [-0.15, -0.1) is 6.58 Å². The van der Waals surface area contributed by atoms with Gasteiger partial charge in [0.1, 0.15) is 0 Å². The quantitative estimate of drug-likeness (QED) is 0.541. The van der Waals surface area contributed by atoms with Crippen molar-refractivity contribution in [3.8, 4) is 0 Å². The van der Waals surface area contributed by atoms with Gasteiger partial charge in [0.05, 0.1) is 24.7 Å². The van der Waals surface area contributed by atoms with Crippen LogP contribution in [0.2, 0.25) is 0 Å². The van der Waals surface area contributed by atoms with Gasteiger partial charge in [0.15, 0.2) is 0 Å². The summed E-state index contributed by atoms with van der Waals surface area (Å²) in [6.07, 6.45) is 1.79. The van der Waals surface area contributed by atoms with Gasteiger partial charge in [-0.2, -0.15) is 0 Å². The third-order valence-electron chi connectivity index (χ3n) is 5.78. The molecule has 0 fully saturated rings. The molecule has 0 spiro atoms. The van der Waals surface area contributed by atoms with Crippen molar-refractivity contribution in [2.24, 2.45) is 5.92 Å². The number of benzene rings is 2. The maximum absolute atomic E-state index is 13.1. The molecular weight excluding hydrogens is 392 g/mol. The molecular formula is C25H30N2O4. The summed E-state index contributed by atoms with van der Waals surface area (Å²) < 4.78 is 0. The van der Waals surface area contributed by atoms with E-state index in [4.69, 9.17) is 0 Å². The zero-order valence-electron chi connectivity index (χ0n) is 17.6. The van der Waals surface area contributed by atoms with Crippen LogP contribution in [0, 0.1) is 5.92 Å². The number of aliphatic hydroxyl groups excluding tert-OH is 2. The number of nitrogens with zero attached hydrogens (tertiary/aromatic N) is 1. The molecule has 31 heavy (non-hydrogen) atoms. The first-order valence-corrected chi connectivity index (χ1v) is 10.6. The van der Waals surface area contributed by atoms with Gasteiger partial charge in [-0.3, -0.25) is 9.59 Å². The van der Waals surface area contributed by atoms with E-state index in [0.29, 0.717) is 19.4 Å². The highest BCUT2D eigenvalue weighted by molar-refractivity contribution is 5.86. The Morgan fingerprint density at radius 2 is 1.81 bits per heavy atom. The third-order valence-corrected chi connectivity index (χ3v) is 5.78. The number of carbonyl (C=O) groups is 2. The predicted molar refractivity (Wildman–Crippen MR) is 119 cm³/mol. The van der Waals surface area contributed by atoms with Crippen molar-refractivity contribution < 1.29 is 19.8 Å². The smallest absolute Gasteiger partial charge is 0.224 e. The molecule has 2 aromatic carbocycles. The van der Waals surface area contributed by atoms with Gasteiger partial charge in [-0.05, 0) is 29.5 Å². The molecule has 0 aliphatic carbocycles. The molecule has 0 radical (unpaired) electrons. The maximum Gasteiger partial charge on any atom is 0.224 e. The Balaban J connectivity index is 1.62. The highest BCUT2D eigenvalue weighted by Crippen LogP contribution is 2.25. The van der Waals surface area contributed by atoms with Crippen molar-refractivity contribution in [1.29, 1.82) is 0 Å². The third kappa shape index (κ3) is 5.81. The van der Waals surface area contributed by atoms with Gasteiger partial charge >= 0.3 is 0 Å². The van der Waals surface area contributed by atoms with Gasteiger partial charge in [0.25, 0.3) is 0 Å². The number of amides is 2. The minimum Gasteiger partial charge on any atom is -0.394 e. The Kier molecular flexibility index (Phi) is 7.98. The summed E-state index contributed by atoms with van der Waals surface area (Å²) in [5.74, 6) is -1.04. The summed E-state index contributed by atoms with van der Waals surface area (Å²) in [7, 11) is 0. The molecule has 0 bridgehead atoms. The van der Waals surface area contributed by atoms with Crippen molar-refractivity contribution in [1.82, 2.24) is 10.2 Å². The van der Waals surface area contributed by atoms with Crippen molar-refractivity contribution in [3.63, 3.8) is 0 Å². The number of rotatable bonds is 9. The Morgan fingerprint density at radius 1 is 1.13 bits per heavy atom. The second kappa shape index (κ2) is 10.9. The van der Waals surface area contributed by atoms with Crippen molar-refractivity contribution in [3.05, 3.63) is 83.9 Å². The molecule has 0 aromatic heterocycles. The predicted octanol–water partition coefficient (Wildman–Crippen LogP) is 2.36. The van der Waals surface area contributed by atoms with Crippen LogP contribution in [0.25, 0.3) is 0 Å². The molecule has 2 amide bonds. The first kappa shape index (κ1) is 22.7. The zero-order chi connectivity index (χ0) is 22.2. The number of allylic oxidation sites excluding steroid dienone is 1. The summed E-state index contributed by atoms with van der Waals surface area (Å²) in [6, 6.07) is 16.7. The van der Waals surface area contributed by atoms with Crippen molar-refractivity contribution in [2.45, 2.75) is 38.0 Å². The number of fused-ring (bicyclic) bond motifs is 1. The molecule has 3 N–H and O–H groups in total. The summed E-state index contributed by atoms with van der Waals surface area (Å²) in [5.41, 5.74) is 2.93. The lowest BCUT2D eigenvalue weighted by Gasteiger charge is -2.36. The van der Waals surface area contributed by atoms with Crippen molar-refractivity contribution >= 4 is 11.8 Å². The van der Waals surface area contributed by atoms with Crippen LogP contribution in [0.1, 0.15) is 35.6 Å². The lowest BCUT2D eigenvalue weighted by atomic mass is 9.92. The molecule has 3 atom stereocenters. The standard InChI is InChI=1S/C25H30N2O4/c1-2-8-20(25(31)26-15-23(29)18-9-4-3-5-10-18)14-24(30)27-16-21-12-7-6-11-19(21)13-22(27)17-28/h2-7,9-12,20,22-23,28-29H,1,8,13-17H2,(H,26,31). The number of carbonyl (C=O) groups excluding carboxylic acids is 2. The molecule has 164 valence electrons. The van der Waals surface area contributed by atoms with Gasteiger partial charge < -0.3 is 20.4 Å². The molecule has 1 aliphatic heterocycles. The second-order valence-electron chi connectivity index (χ2n) is 7.93. The van der Waals surface area contributed by atoms with Crippen LogP contribution in [0.4, 0.5) is 0 Å². The van der Waals surface area contributed by atoms with Gasteiger partial charge in [0, 0.05) is 19.5 Å². The highest BCUT2D eigenvalue weighted by Gasteiger charge is 2.31. The van der Waals surface area contributed by atoms with E-state index in [-0.39, 0.29) is 37.4 Å². The Morgan fingerprint density at radius 3 is 2.48 bits per heavy atom. The Bertz CT molecular complexity index is 899. The highest BCUT2D eigenvalue weighted by atomic mass is 16.3.